The van der Waals surface area contributed by atoms with Crippen molar-refractivity contribution in [3.05, 3.63) is 97.6 Å². The third-order valence-electron chi connectivity index (χ3n) is 11.0. The van der Waals surface area contributed by atoms with E-state index in [0.717, 1.165) is 11.1 Å². The smallest absolute Gasteiger partial charge is 0.343 e. The van der Waals surface area contributed by atoms with Gasteiger partial charge in [-0.25, -0.2) is 14.2 Å². The first kappa shape index (κ1) is 39.2. The zero-order chi connectivity index (χ0) is 40.6. The molecule has 3 unspecified atom stereocenters. The number of cyclic esters (lactones) is 1. The van der Waals surface area contributed by atoms with Crippen molar-refractivity contribution >= 4 is 40.5 Å². The fraction of sp³-hybridized carbons (Fsp3) is 0.390. The number of aryl methyl sites for hydroxylation is 1. The molecule has 2 aromatic carbocycles. The van der Waals surface area contributed by atoms with Crippen molar-refractivity contribution in [3.8, 4) is 11.4 Å². The predicted molar refractivity (Wildman–Crippen MR) is 203 cm³/mol. The van der Waals surface area contributed by atoms with Gasteiger partial charge in [0.1, 0.15) is 31.8 Å². The van der Waals surface area contributed by atoms with E-state index in [1.54, 1.807) is 26.8 Å². The second-order valence-electron chi connectivity index (χ2n) is 14.4. The van der Waals surface area contributed by atoms with Gasteiger partial charge >= 0.3 is 5.97 Å². The number of amides is 4. The minimum Gasteiger partial charge on any atom is -0.458 e. The maximum Gasteiger partial charge on any atom is 0.343 e. The number of hydrogen-bond donors (Lipinski definition) is 5. The zero-order valence-electron chi connectivity index (χ0n) is 31.8. The van der Waals surface area contributed by atoms with Crippen LogP contribution in [0.15, 0.2) is 47.3 Å². The number of benzene rings is 2. The van der Waals surface area contributed by atoms with Crippen molar-refractivity contribution in [1.29, 1.82) is 0 Å². The average molecular weight is 783 g/mol. The molecule has 4 heterocycles. The summed E-state index contributed by atoms with van der Waals surface area (Å²) in [6.07, 6.45) is 1.26. The number of rotatable bonds is 13. The van der Waals surface area contributed by atoms with Gasteiger partial charge in [0.25, 0.3) is 5.56 Å². The minimum atomic E-state index is -2.02. The Kier molecular flexibility index (Phi) is 10.9. The van der Waals surface area contributed by atoms with Gasteiger partial charge in [-0.3, -0.25) is 24.0 Å². The highest BCUT2D eigenvalue weighted by Crippen LogP contribution is 2.46. The lowest BCUT2D eigenvalue weighted by molar-refractivity contribution is -0.172. The Hall–Kier alpha value is -6.00. The van der Waals surface area contributed by atoms with Gasteiger partial charge in [0.2, 0.25) is 23.6 Å². The lowest BCUT2D eigenvalue weighted by Crippen LogP contribution is -2.50. The number of fused-ring (bicyclic) bond motifs is 5. The molecule has 1 aliphatic carbocycles. The summed E-state index contributed by atoms with van der Waals surface area (Å²) in [7, 11) is 0. The summed E-state index contributed by atoms with van der Waals surface area (Å²) in [5.41, 5.74) is 2.35. The Morgan fingerprint density at radius 2 is 1.82 bits per heavy atom. The number of nitrogens with one attached hydrogen (secondary N) is 4. The molecule has 16 heteroatoms. The number of esters is 1. The van der Waals surface area contributed by atoms with Crippen molar-refractivity contribution < 1.29 is 42.9 Å². The maximum atomic E-state index is 15.2. The second-order valence-corrected chi connectivity index (χ2v) is 14.4. The van der Waals surface area contributed by atoms with Crippen LogP contribution in [0.3, 0.4) is 0 Å². The Balaban J connectivity index is 1.03. The molecule has 0 spiro atoms. The molecular formula is C41H43FN6O9. The summed E-state index contributed by atoms with van der Waals surface area (Å²) in [6, 6.07) is 10.6. The van der Waals surface area contributed by atoms with E-state index >= 15 is 4.39 Å². The summed E-state index contributed by atoms with van der Waals surface area (Å²) in [4.78, 5) is 82.1. The molecule has 4 aromatic rings. The van der Waals surface area contributed by atoms with E-state index in [4.69, 9.17) is 14.5 Å². The van der Waals surface area contributed by atoms with E-state index in [9.17, 15) is 33.9 Å². The monoisotopic (exact) mass is 782 g/mol. The summed E-state index contributed by atoms with van der Waals surface area (Å²) in [5.74, 6) is -3.19. The first-order chi connectivity index (χ1) is 27.3. The number of carbonyl (C=O) groups excluding carboxylic acids is 5. The molecule has 4 amide bonds. The number of hydrogen-bond acceptors (Lipinski definition) is 10. The van der Waals surface area contributed by atoms with E-state index in [0.29, 0.717) is 51.8 Å². The molecule has 0 saturated carbocycles. The highest BCUT2D eigenvalue weighted by atomic mass is 19.1. The number of aromatic nitrogens is 2. The fourth-order valence-electron chi connectivity index (χ4n) is 7.92. The van der Waals surface area contributed by atoms with Crippen LogP contribution in [0.5, 0.6) is 0 Å². The van der Waals surface area contributed by atoms with Crippen LogP contribution < -0.4 is 26.8 Å². The van der Waals surface area contributed by atoms with Gasteiger partial charge in [0.05, 0.1) is 41.6 Å². The average Bonchev–Trinajstić information content (AvgIpc) is 3.58. The minimum absolute atomic E-state index is 0.0229. The molecule has 15 nitrogen and oxygen atoms in total. The molecule has 3 aliphatic rings. The molecule has 57 heavy (non-hydrogen) atoms. The molecule has 0 bridgehead atoms. The van der Waals surface area contributed by atoms with E-state index in [1.807, 2.05) is 30.3 Å². The van der Waals surface area contributed by atoms with Gasteiger partial charge in [0, 0.05) is 35.4 Å². The van der Waals surface area contributed by atoms with Gasteiger partial charge in [-0.15, -0.1) is 0 Å². The van der Waals surface area contributed by atoms with Crippen LogP contribution in [0, 0.1) is 12.7 Å². The number of carbonyl (C=O) groups is 5. The molecule has 0 saturated heterocycles. The molecule has 5 N–H and O–H groups in total. The van der Waals surface area contributed by atoms with Crippen molar-refractivity contribution in [2.45, 2.75) is 83.7 Å². The molecular weight excluding hydrogens is 739 g/mol. The van der Waals surface area contributed by atoms with Gasteiger partial charge in [0.15, 0.2) is 5.60 Å². The van der Waals surface area contributed by atoms with Crippen molar-refractivity contribution in [1.82, 2.24) is 30.8 Å². The predicted octanol–water partition coefficient (Wildman–Crippen LogP) is 1.97. The van der Waals surface area contributed by atoms with Crippen LogP contribution in [-0.2, 0) is 65.0 Å². The van der Waals surface area contributed by atoms with Crippen molar-refractivity contribution in [3.63, 3.8) is 0 Å². The summed E-state index contributed by atoms with van der Waals surface area (Å²) in [6.45, 7) is 3.64. The summed E-state index contributed by atoms with van der Waals surface area (Å²) < 4.78 is 27.4. The van der Waals surface area contributed by atoms with Crippen LogP contribution in [0.4, 0.5) is 4.39 Å². The molecule has 0 radical (unpaired) electrons. The largest absolute Gasteiger partial charge is 0.458 e. The molecule has 298 valence electrons. The standard InChI is InChI=1S/C41H43FN6O9/c1-4-32(49)46-30(13-22-9-7-6-8-10-22)38(52)43-16-33(50)44-20-56-19-34(51)45-28-12-11-23-21(3)27(42)15-29-35(23)36(28)24-17-48-31(37(24)47-29)14-26-25(39(48)53)18-57-40(54)41(26,55)5-2/h6-10,14-15,28,30,55H,4-5,11-13,16-20H2,1-3H3,(H,43,52)(H,44,50)(H,45,51)(H,46,49). The zero-order valence-corrected chi connectivity index (χ0v) is 31.8. The first-order valence-corrected chi connectivity index (χ1v) is 18.9. The van der Waals surface area contributed by atoms with E-state index in [-0.39, 0.29) is 62.7 Å². The van der Waals surface area contributed by atoms with Crippen molar-refractivity contribution in [2.75, 3.05) is 19.9 Å². The third-order valence-corrected chi connectivity index (χ3v) is 11.0. The van der Waals surface area contributed by atoms with Crippen LogP contribution in [-0.4, -0.2) is 70.2 Å². The Morgan fingerprint density at radius 3 is 2.56 bits per heavy atom. The lowest BCUT2D eigenvalue weighted by Gasteiger charge is -2.31. The quantitative estimate of drug-likeness (QED) is 0.0667. The van der Waals surface area contributed by atoms with E-state index in [2.05, 4.69) is 21.3 Å². The Labute approximate surface area is 326 Å². The van der Waals surface area contributed by atoms with Crippen molar-refractivity contribution in [2.24, 2.45) is 0 Å². The third kappa shape index (κ3) is 7.37. The number of pyridine rings is 2. The van der Waals surface area contributed by atoms with E-state index < -0.39 is 59.4 Å². The van der Waals surface area contributed by atoms with Crippen LogP contribution in [0.25, 0.3) is 22.3 Å². The summed E-state index contributed by atoms with van der Waals surface area (Å²) in [5, 5.41) is 22.7. The number of nitrogens with zero attached hydrogens (tertiary/aromatic N) is 2. The van der Waals surface area contributed by atoms with Gasteiger partial charge in [-0.2, -0.15) is 0 Å². The topological polar surface area (TPSA) is 207 Å². The van der Waals surface area contributed by atoms with Crippen LogP contribution in [0.2, 0.25) is 0 Å². The normalized spacial score (nSPS) is 18.1. The fourth-order valence-corrected chi connectivity index (χ4v) is 7.92. The lowest BCUT2D eigenvalue weighted by atomic mass is 9.81. The summed E-state index contributed by atoms with van der Waals surface area (Å²) >= 11 is 0. The number of aliphatic hydroxyl groups is 1. The van der Waals surface area contributed by atoms with Gasteiger partial charge in [-0.05, 0) is 54.5 Å². The molecule has 3 atom stereocenters. The maximum absolute atomic E-state index is 15.2. The van der Waals surface area contributed by atoms with E-state index in [1.165, 1.54) is 10.6 Å². The number of halogens is 1. The SMILES string of the molecule is CCC(=O)NC(Cc1ccccc1)C(=O)NCC(=O)NCOCC(=O)NC1CCc2c(C)c(F)cc3nc4c(c1c23)Cn1c-4cc2c(c1=O)COC(=O)C2(O)CC. The molecule has 7 rings (SSSR count). The van der Waals surface area contributed by atoms with Gasteiger partial charge in [-0.1, -0.05) is 44.2 Å². The highest BCUT2D eigenvalue weighted by molar-refractivity contribution is 5.94. The first-order valence-electron chi connectivity index (χ1n) is 18.9. The molecule has 2 aliphatic heterocycles. The second kappa shape index (κ2) is 15.9. The Morgan fingerprint density at radius 1 is 1.05 bits per heavy atom. The van der Waals surface area contributed by atoms with Gasteiger partial charge < -0.3 is 40.4 Å². The van der Waals surface area contributed by atoms with Crippen LogP contribution >= 0.6 is 0 Å². The molecule has 0 fully saturated rings. The Bertz CT molecular complexity index is 2380. The van der Waals surface area contributed by atoms with Crippen LogP contribution in [0.1, 0.15) is 78.1 Å². The number of ether oxygens (including phenoxy) is 2. The molecule has 2 aromatic heterocycles. The highest BCUT2D eigenvalue weighted by Gasteiger charge is 2.46.